The summed E-state index contributed by atoms with van der Waals surface area (Å²) in [5, 5.41) is 2.59. The van der Waals surface area contributed by atoms with Crippen LogP contribution < -0.4 is 14.8 Å². The summed E-state index contributed by atoms with van der Waals surface area (Å²) in [6.45, 7) is -0.363. The Balaban J connectivity index is 1.89. The first-order valence-corrected chi connectivity index (χ1v) is 11.6. The maximum absolute atomic E-state index is 13.5. The van der Waals surface area contributed by atoms with Crippen LogP contribution in [0.15, 0.2) is 47.4 Å². The van der Waals surface area contributed by atoms with Crippen LogP contribution in [-0.4, -0.2) is 45.4 Å². The van der Waals surface area contributed by atoms with E-state index in [1.807, 2.05) is 0 Å². The molecule has 0 radical (unpaired) electrons. The number of hydrogen-bond acceptors (Lipinski definition) is 5. The maximum Gasteiger partial charge on any atom is 0.243 e. The van der Waals surface area contributed by atoms with E-state index < -0.39 is 21.7 Å². The second kappa shape index (κ2) is 10.1. The van der Waals surface area contributed by atoms with Gasteiger partial charge in [-0.05, 0) is 43.2 Å². The number of carbonyl (C=O) groups excluding carboxylic acids is 1. The van der Waals surface area contributed by atoms with Crippen LogP contribution in [0.3, 0.4) is 0 Å². The fourth-order valence-corrected chi connectivity index (χ4v) is 5.46. The number of anilines is 1. The highest BCUT2D eigenvalue weighted by molar-refractivity contribution is 7.89. The van der Waals surface area contributed by atoms with Gasteiger partial charge in [0, 0.05) is 17.8 Å². The molecular weight excluding hydrogens is 423 g/mol. The zero-order chi connectivity index (χ0) is 22.4. The topological polar surface area (TPSA) is 84.9 Å². The summed E-state index contributed by atoms with van der Waals surface area (Å²) < 4.78 is 52.2. The first-order valence-electron chi connectivity index (χ1n) is 10.1. The van der Waals surface area contributed by atoms with Gasteiger partial charge < -0.3 is 14.8 Å². The lowest BCUT2D eigenvalue weighted by Gasteiger charge is -2.33. The van der Waals surface area contributed by atoms with Crippen LogP contribution in [0.2, 0.25) is 0 Å². The van der Waals surface area contributed by atoms with Crippen molar-refractivity contribution < 1.29 is 27.1 Å². The van der Waals surface area contributed by atoms with Crippen LogP contribution in [-0.2, 0) is 14.8 Å². The molecule has 1 aliphatic rings. The zero-order valence-corrected chi connectivity index (χ0v) is 18.5. The van der Waals surface area contributed by atoms with Crippen molar-refractivity contribution >= 4 is 21.6 Å². The molecule has 1 aliphatic carbocycles. The van der Waals surface area contributed by atoms with Crippen molar-refractivity contribution in [2.45, 2.75) is 43.0 Å². The van der Waals surface area contributed by atoms with Crippen molar-refractivity contribution in [2.24, 2.45) is 0 Å². The molecule has 0 saturated heterocycles. The maximum atomic E-state index is 13.5. The Kier molecular flexibility index (Phi) is 7.50. The first-order chi connectivity index (χ1) is 14.8. The molecule has 0 heterocycles. The van der Waals surface area contributed by atoms with Gasteiger partial charge in [-0.2, -0.15) is 4.31 Å². The van der Waals surface area contributed by atoms with Gasteiger partial charge >= 0.3 is 0 Å². The molecule has 0 aromatic heterocycles. The number of halogens is 1. The fourth-order valence-electron chi connectivity index (χ4n) is 3.80. The van der Waals surface area contributed by atoms with Crippen LogP contribution in [0.1, 0.15) is 32.1 Å². The second-order valence-electron chi connectivity index (χ2n) is 7.42. The minimum Gasteiger partial charge on any atom is -0.493 e. The number of hydrogen-bond donors (Lipinski definition) is 1. The highest BCUT2D eigenvalue weighted by Crippen LogP contribution is 2.33. The Hall–Kier alpha value is -2.65. The van der Waals surface area contributed by atoms with E-state index in [0.29, 0.717) is 18.6 Å². The molecule has 1 saturated carbocycles. The highest BCUT2D eigenvalue weighted by atomic mass is 32.2. The molecule has 0 unspecified atom stereocenters. The fraction of sp³-hybridized carbons (Fsp3) is 0.409. The molecule has 7 nitrogen and oxygen atoms in total. The Labute approximate surface area is 182 Å². The summed E-state index contributed by atoms with van der Waals surface area (Å²) in [5.41, 5.74) is 0.275. The van der Waals surface area contributed by atoms with Crippen molar-refractivity contribution in [3.05, 3.63) is 48.3 Å². The molecule has 0 aliphatic heterocycles. The summed E-state index contributed by atoms with van der Waals surface area (Å²) in [6.07, 6.45) is 4.19. The van der Waals surface area contributed by atoms with Gasteiger partial charge in [-0.15, -0.1) is 0 Å². The number of methoxy groups -OCH3 is 2. The van der Waals surface area contributed by atoms with E-state index in [0.717, 1.165) is 19.3 Å². The number of carbonyl (C=O) groups is 1. The third-order valence-electron chi connectivity index (χ3n) is 5.35. The molecule has 0 bridgehead atoms. The summed E-state index contributed by atoms with van der Waals surface area (Å²) in [5.74, 6) is -0.314. The SMILES string of the molecule is COc1ccc(S(=O)(=O)N(CC(=O)Nc2cccc(F)c2)C2CCCCC2)cc1OC. The smallest absolute Gasteiger partial charge is 0.243 e. The Morgan fingerprint density at radius 1 is 1.06 bits per heavy atom. The summed E-state index contributed by atoms with van der Waals surface area (Å²) >= 11 is 0. The molecule has 3 rings (SSSR count). The van der Waals surface area contributed by atoms with Gasteiger partial charge in [-0.25, -0.2) is 12.8 Å². The predicted molar refractivity (Wildman–Crippen MR) is 115 cm³/mol. The average Bonchev–Trinajstić information content (AvgIpc) is 2.77. The molecule has 9 heteroatoms. The van der Waals surface area contributed by atoms with E-state index in [1.165, 1.54) is 54.9 Å². The van der Waals surface area contributed by atoms with Gasteiger partial charge in [-0.1, -0.05) is 25.3 Å². The molecule has 31 heavy (non-hydrogen) atoms. The van der Waals surface area contributed by atoms with Gasteiger partial charge in [0.1, 0.15) is 5.82 Å². The average molecular weight is 451 g/mol. The Bertz CT molecular complexity index is 1020. The van der Waals surface area contributed by atoms with Gasteiger partial charge in [0.25, 0.3) is 0 Å². The molecular formula is C22H27FN2O5S. The third-order valence-corrected chi connectivity index (χ3v) is 7.25. The van der Waals surface area contributed by atoms with E-state index in [2.05, 4.69) is 5.32 Å². The number of ether oxygens (including phenoxy) is 2. The monoisotopic (exact) mass is 450 g/mol. The van der Waals surface area contributed by atoms with Crippen LogP contribution in [0.5, 0.6) is 11.5 Å². The van der Waals surface area contributed by atoms with E-state index >= 15 is 0 Å². The molecule has 1 fully saturated rings. The summed E-state index contributed by atoms with van der Waals surface area (Å²) in [4.78, 5) is 12.7. The molecule has 0 atom stereocenters. The van der Waals surface area contributed by atoms with Crippen LogP contribution in [0, 0.1) is 5.82 Å². The van der Waals surface area contributed by atoms with E-state index in [9.17, 15) is 17.6 Å². The number of nitrogens with one attached hydrogen (secondary N) is 1. The number of amides is 1. The number of nitrogens with zero attached hydrogens (tertiary/aromatic N) is 1. The third kappa shape index (κ3) is 5.54. The first kappa shape index (κ1) is 23.0. The standard InChI is InChI=1S/C22H27FN2O5S/c1-29-20-12-11-19(14-21(20)30-2)31(27,28)25(18-9-4-3-5-10-18)15-22(26)24-17-8-6-7-16(23)13-17/h6-8,11-14,18H,3-5,9-10,15H2,1-2H3,(H,24,26). The van der Waals surface area contributed by atoms with Crippen LogP contribution in [0.25, 0.3) is 0 Å². The second-order valence-corrected chi connectivity index (χ2v) is 9.31. The molecule has 1 amide bonds. The van der Waals surface area contributed by atoms with Crippen molar-refractivity contribution in [3.63, 3.8) is 0 Å². The van der Waals surface area contributed by atoms with E-state index in [4.69, 9.17) is 9.47 Å². The number of benzene rings is 2. The van der Waals surface area contributed by atoms with Gasteiger partial charge in [-0.3, -0.25) is 4.79 Å². The summed E-state index contributed by atoms with van der Waals surface area (Å²) in [6, 6.07) is 9.56. The van der Waals surface area contributed by atoms with E-state index in [1.54, 1.807) is 6.07 Å². The van der Waals surface area contributed by atoms with Crippen molar-refractivity contribution in [2.75, 3.05) is 26.1 Å². The highest BCUT2D eigenvalue weighted by Gasteiger charge is 2.34. The molecule has 0 spiro atoms. The van der Waals surface area contributed by atoms with Crippen molar-refractivity contribution in [3.8, 4) is 11.5 Å². The minimum atomic E-state index is -3.99. The summed E-state index contributed by atoms with van der Waals surface area (Å²) in [7, 11) is -1.09. The van der Waals surface area contributed by atoms with Gasteiger partial charge in [0.15, 0.2) is 11.5 Å². The quantitative estimate of drug-likeness (QED) is 0.661. The van der Waals surface area contributed by atoms with E-state index in [-0.39, 0.29) is 28.9 Å². The zero-order valence-electron chi connectivity index (χ0n) is 17.6. The lowest BCUT2D eigenvalue weighted by Crippen LogP contribution is -2.45. The Morgan fingerprint density at radius 3 is 2.42 bits per heavy atom. The van der Waals surface area contributed by atoms with Gasteiger partial charge in [0.05, 0.1) is 25.7 Å². The molecule has 168 valence electrons. The van der Waals surface area contributed by atoms with Crippen molar-refractivity contribution in [1.29, 1.82) is 0 Å². The lowest BCUT2D eigenvalue weighted by molar-refractivity contribution is -0.116. The molecule has 2 aromatic rings. The molecule has 1 N–H and O–H groups in total. The predicted octanol–water partition coefficient (Wildman–Crippen LogP) is 3.81. The Morgan fingerprint density at radius 2 is 1.77 bits per heavy atom. The minimum absolute atomic E-state index is 0.0225. The van der Waals surface area contributed by atoms with Gasteiger partial charge in [0.2, 0.25) is 15.9 Å². The van der Waals surface area contributed by atoms with Crippen LogP contribution >= 0.6 is 0 Å². The normalized spacial score (nSPS) is 15.0. The molecule has 2 aromatic carbocycles. The number of rotatable bonds is 8. The van der Waals surface area contributed by atoms with Crippen LogP contribution in [0.4, 0.5) is 10.1 Å². The van der Waals surface area contributed by atoms with Crippen molar-refractivity contribution in [1.82, 2.24) is 4.31 Å². The lowest BCUT2D eigenvalue weighted by atomic mass is 9.95. The number of sulfonamides is 1. The largest absolute Gasteiger partial charge is 0.493 e.